The lowest BCUT2D eigenvalue weighted by atomic mass is 10.1. The summed E-state index contributed by atoms with van der Waals surface area (Å²) in [5.41, 5.74) is 1.97. The molecule has 1 saturated carbocycles. The minimum absolute atomic E-state index is 0.0786. The third-order valence-corrected chi connectivity index (χ3v) is 5.14. The van der Waals surface area contributed by atoms with E-state index in [9.17, 15) is 0 Å². The summed E-state index contributed by atoms with van der Waals surface area (Å²) in [6.45, 7) is 2.02. The Bertz CT molecular complexity index is 886. The molecule has 27 heavy (non-hydrogen) atoms. The highest BCUT2D eigenvalue weighted by Crippen LogP contribution is 2.36. The van der Waals surface area contributed by atoms with Crippen molar-refractivity contribution in [3.05, 3.63) is 60.0 Å². The van der Waals surface area contributed by atoms with Gasteiger partial charge in [-0.1, -0.05) is 48.3 Å². The first-order chi connectivity index (χ1) is 13.2. The summed E-state index contributed by atoms with van der Waals surface area (Å²) in [4.78, 5) is 4.60. The molecule has 0 radical (unpaired) electrons. The van der Waals surface area contributed by atoms with Gasteiger partial charge in [0.2, 0.25) is 11.7 Å². The average Bonchev–Trinajstić information content (AvgIpc) is 3.40. The molecule has 1 aromatic heterocycles. The minimum Gasteiger partial charge on any atom is -0.493 e. The van der Waals surface area contributed by atoms with E-state index in [-0.39, 0.29) is 6.10 Å². The lowest BCUT2D eigenvalue weighted by molar-refractivity contribution is 0.216. The topological polar surface area (TPSA) is 57.4 Å². The molecule has 0 N–H and O–H groups in total. The van der Waals surface area contributed by atoms with E-state index in [0.29, 0.717) is 23.2 Å². The van der Waals surface area contributed by atoms with Crippen molar-refractivity contribution in [3.8, 4) is 22.9 Å². The van der Waals surface area contributed by atoms with E-state index in [2.05, 4.69) is 22.3 Å². The van der Waals surface area contributed by atoms with Gasteiger partial charge in [-0.2, -0.15) is 4.98 Å². The molecule has 0 spiro atoms. The fourth-order valence-corrected chi connectivity index (χ4v) is 3.58. The first kappa shape index (κ1) is 17.6. The van der Waals surface area contributed by atoms with Crippen LogP contribution in [0.2, 0.25) is 0 Å². The van der Waals surface area contributed by atoms with Crippen LogP contribution in [0.3, 0.4) is 0 Å². The van der Waals surface area contributed by atoms with Gasteiger partial charge in [-0.25, -0.2) is 0 Å². The number of benzene rings is 2. The molecular weight excluding hydrogens is 340 g/mol. The normalized spacial score (nSPS) is 15.6. The fraction of sp³-hybridized carbons (Fsp3) is 0.364. The largest absolute Gasteiger partial charge is 0.493 e. The summed E-state index contributed by atoms with van der Waals surface area (Å²) in [5, 5.41) is 4.16. The molecule has 1 fully saturated rings. The first-order valence-electron chi connectivity index (χ1n) is 9.48. The average molecular weight is 364 g/mol. The summed E-state index contributed by atoms with van der Waals surface area (Å²) in [5.74, 6) is 3.10. The molecule has 5 heteroatoms. The second kappa shape index (κ2) is 7.82. The predicted molar refractivity (Wildman–Crippen MR) is 103 cm³/mol. The lowest BCUT2D eigenvalue weighted by Gasteiger charge is -2.17. The Kier molecular flexibility index (Phi) is 5.10. The smallest absolute Gasteiger partial charge is 0.230 e. The molecule has 4 rings (SSSR count). The van der Waals surface area contributed by atoms with Gasteiger partial charge in [0.15, 0.2) is 11.5 Å². The van der Waals surface area contributed by atoms with E-state index in [0.717, 1.165) is 29.9 Å². The second-order valence-corrected chi connectivity index (χ2v) is 6.97. The van der Waals surface area contributed by atoms with Crippen molar-refractivity contribution in [1.29, 1.82) is 0 Å². The molecule has 0 bridgehead atoms. The SMILES string of the molecule is COc1cc(-c2noc(C3CCCC3)n2)ccc1OC(C)c1ccccc1. The van der Waals surface area contributed by atoms with Crippen molar-refractivity contribution in [3.63, 3.8) is 0 Å². The molecule has 1 unspecified atom stereocenters. The lowest BCUT2D eigenvalue weighted by Crippen LogP contribution is -2.04. The van der Waals surface area contributed by atoms with Gasteiger partial charge >= 0.3 is 0 Å². The number of methoxy groups -OCH3 is 1. The Morgan fingerprint density at radius 3 is 2.56 bits per heavy atom. The van der Waals surface area contributed by atoms with Gasteiger partial charge in [-0.05, 0) is 43.5 Å². The minimum atomic E-state index is -0.0786. The summed E-state index contributed by atoms with van der Waals surface area (Å²) in [6, 6.07) is 15.9. The van der Waals surface area contributed by atoms with Crippen LogP contribution >= 0.6 is 0 Å². The van der Waals surface area contributed by atoms with Crippen LogP contribution < -0.4 is 9.47 Å². The monoisotopic (exact) mass is 364 g/mol. The van der Waals surface area contributed by atoms with Crippen LogP contribution in [0, 0.1) is 0 Å². The zero-order valence-corrected chi connectivity index (χ0v) is 15.7. The summed E-state index contributed by atoms with van der Waals surface area (Å²) in [6.07, 6.45) is 4.67. The number of nitrogens with zero attached hydrogens (tertiary/aromatic N) is 2. The summed E-state index contributed by atoms with van der Waals surface area (Å²) in [7, 11) is 1.64. The Morgan fingerprint density at radius 2 is 1.81 bits per heavy atom. The molecule has 2 aromatic carbocycles. The quantitative estimate of drug-likeness (QED) is 0.574. The number of ether oxygens (including phenoxy) is 2. The zero-order chi connectivity index (χ0) is 18.6. The molecule has 0 aliphatic heterocycles. The van der Waals surface area contributed by atoms with Crippen LogP contribution in [0.4, 0.5) is 0 Å². The molecule has 0 saturated heterocycles. The van der Waals surface area contributed by atoms with E-state index < -0.39 is 0 Å². The van der Waals surface area contributed by atoms with E-state index in [1.54, 1.807) is 7.11 Å². The van der Waals surface area contributed by atoms with Crippen LogP contribution in [0.5, 0.6) is 11.5 Å². The molecular formula is C22H24N2O3. The van der Waals surface area contributed by atoms with Crippen molar-refractivity contribution in [2.45, 2.75) is 44.6 Å². The van der Waals surface area contributed by atoms with E-state index in [1.807, 2.05) is 43.3 Å². The van der Waals surface area contributed by atoms with Crippen molar-refractivity contribution in [2.75, 3.05) is 7.11 Å². The standard InChI is InChI=1S/C22H24N2O3/c1-15(16-8-4-3-5-9-16)26-19-13-12-18(14-20(19)25-2)21-23-22(27-24-21)17-10-6-7-11-17/h3-5,8-9,12-15,17H,6-7,10-11H2,1-2H3. The number of rotatable bonds is 6. The third-order valence-electron chi connectivity index (χ3n) is 5.14. The van der Waals surface area contributed by atoms with Crippen molar-refractivity contribution >= 4 is 0 Å². The van der Waals surface area contributed by atoms with Crippen LogP contribution in [0.25, 0.3) is 11.4 Å². The molecule has 5 nitrogen and oxygen atoms in total. The van der Waals surface area contributed by atoms with Gasteiger partial charge in [-0.15, -0.1) is 0 Å². The molecule has 3 aromatic rings. The molecule has 140 valence electrons. The van der Waals surface area contributed by atoms with E-state index >= 15 is 0 Å². The van der Waals surface area contributed by atoms with Crippen LogP contribution in [0.1, 0.15) is 56.1 Å². The molecule has 1 aliphatic carbocycles. The Hall–Kier alpha value is -2.82. The Balaban J connectivity index is 1.54. The van der Waals surface area contributed by atoms with Crippen LogP contribution in [0.15, 0.2) is 53.1 Å². The van der Waals surface area contributed by atoms with E-state index in [4.69, 9.17) is 14.0 Å². The fourth-order valence-electron chi connectivity index (χ4n) is 3.58. The van der Waals surface area contributed by atoms with Crippen molar-refractivity contribution in [2.24, 2.45) is 0 Å². The number of hydrogen-bond acceptors (Lipinski definition) is 5. The van der Waals surface area contributed by atoms with E-state index in [1.165, 1.54) is 12.8 Å². The Labute approximate surface area is 159 Å². The highest BCUT2D eigenvalue weighted by molar-refractivity contribution is 5.60. The van der Waals surface area contributed by atoms with Gasteiger partial charge in [0.25, 0.3) is 0 Å². The Morgan fingerprint density at radius 1 is 1.04 bits per heavy atom. The molecule has 1 heterocycles. The molecule has 1 aliphatic rings. The van der Waals surface area contributed by atoms with Gasteiger partial charge in [0.1, 0.15) is 6.10 Å². The molecule has 1 atom stereocenters. The second-order valence-electron chi connectivity index (χ2n) is 6.97. The predicted octanol–water partition coefficient (Wildman–Crippen LogP) is 5.54. The first-order valence-corrected chi connectivity index (χ1v) is 9.48. The zero-order valence-electron chi connectivity index (χ0n) is 15.7. The maximum absolute atomic E-state index is 6.11. The van der Waals surface area contributed by atoms with Crippen LogP contribution in [-0.2, 0) is 0 Å². The van der Waals surface area contributed by atoms with Crippen LogP contribution in [-0.4, -0.2) is 17.3 Å². The number of hydrogen-bond donors (Lipinski definition) is 0. The van der Waals surface area contributed by atoms with Crippen molar-refractivity contribution in [1.82, 2.24) is 10.1 Å². The van der Waals surface area contributed by atoms with Gasteiger partial charge in [0.05, 0.1) is 7.11 Å². The number of aromatic nitrogens is 2. The third kappa shape index (κ3) is 3.82. The van der Waals surface area contributed by atoms with Gasteiger partial charge < -0.3 is 14.0 Å². The molecule has 0 amide bonds. The van der Waals surface area contributed by atoms with Crippen molar-refractivity contribution < 1.29 is 14.0 Å². The maximum Gasteiger partial charge on any atom is 0.230 e. The summed E-state index contributed by atoms with van der Waals surface area (Å²) >= 11 is 0. The highest BCUT2D eigenvalue weighted by atomic mass is 16.5. The summed E-state index contributed by atoms with van der Waals surface area (Å²) < 4.78 is 17.1. The van der Waals surface area contributed by atoms with Gasteiger partial charge in [0, 0.05) is 11.5 Å². The highest BCUT2D eigenvalue weighted by Gasteiger charge is 2.23. The van der Waals surface area contributed by atoms with Gasteiger partial charge in [-0.3, -0.25) is 0 Å². The maximum atomic E-state index is 6.11.